The molecule has 1 fully saturated rings. The van der Waals surface area contributed by atoms with Gasteiger partial charge in [-0.1, -0.05) is 62.2 Å². The summed E-state index contributed by atoms with van der Waals surface area (Å²) in [5, 5.41) is 0. The lowest BCUT2D eigenvalue weighted by atomic mass is 9.71. The molecule has 1 aliphatic rings. The second-order valence-electron chi connectivity index (χ2n) is 8.04. The van der Waals surface area contributed by atoms with E-state index in [1.165, 1.54) is 0 Å². The van der Waals surface area contributed by atoms with Crippen LogP contribution in [-0.2, 0) is 21.4 Å². The molecule has 1 amide bonds. The Morgan fingerprint density at radius 2 is 1.80 bits per heavy atom. The summed E-state index contributed by atoms with van der Waals surface area (Å²) in [4.78, 5) is 15.0. The third-order valence-corrected chi connectivity index (χ3v) is 5.96. The molecule has 5 heteroatoms. The molecule has 1 saturated heterocycles. The van der Waals surface area contributed by atoms with E-state index in [0.29, 0.717) is 13.0 Å². The van der Waals surface area contributed by atoms with Crippen LogP contribution in [0.25, 0.3) is 0 Å². The molecule has 0 bridgehead atoms. The molecule has 3 rings (SSSR count). The normalized spacial score (nSPS) is 16.7. The first-order valence-corrected chi connectivity index (χ1v) is 11.0. The van der Waals surface area contributed by atoms with Crippen LogP contribution in [0.4, 0.5) is 0 Å². The van der Waals surface area contributed by atoms with Crippen molar-refractivity contribution in [3.63, 3.8) is 0 Å². The van der Waals surface area contributed by atoms with Gasteiger partial charge in [-0.25, -0.2) is 0 Å². The Morgan fingerprint density at radius 1 is 1.10 bits per heavy atom. The van der Waals surface area contributed by atoms with Gasteiger partial charge < -0.3 is 15.2 Å². The average Bonchev–Trinajstić information content (AvgIpc) is 2.79. The molecule has 0 saturated carbocycles. The Kier molecular flexibility index (Phi) is 8.29. The minimum atomic E-state index is -0.685. The second kappa shape index (κ2) is 11.1. The van der Waals surface area contributed by atoms with Crippen LogP contribution >= 0.6 is 0 Å². The summed E-state index contributed by atoms with van der Waals surface area (Å²) in [7, 11) is 0. The Labute approximate surface area is 180 Å². The number of carbonyl (C=O) groups is 1. The van der Waals surface area contributed by atoms with Gasteiger partial charge in [0.15, 0.2) is 0 Å². The topological polar surface area (TPSA) is 64.8 Å². The summed E-state index contributed by atoms with van der Waals surface area (Å²) in [5.41, 5.74) is 7.39. The zero-order chi connectivity index (χ0) is 21.2. The van der Waals surface area contributed by atoms with E-state index < -0.39 is 5.41 Å². The number of carbonyl (C=O) groups excluding carboxylic acids is 1. The molecule has 2 aromatic carbocycles. The third-order valence-electron chi connectivity index (χ3n) is 5.96. The van der Waals surface area contributed by atoms with Crippen molar-refractivity contribution >= 4 is 5.91 Å². The molecule has 1 atom stereocenters. The van der Waals surface area contributed by atoms with Gasteiger partial charge in [0.25, 0.3) is 0 Å². The van der Waals surface area contributed by atoms with Gasteiger partial charge in [-0.3, -0.25) is 9.69 Å². The van der Waals surface area contributed by atoms with E-state index in [-0.39, 0.29) is 5.91 Å². The van der Waals surface area contributed by atoms with Crippen LogP contribution in [0.5, 0.6) is 5.75 Å². The third kappa shape index (κ3) is 5.83. The van der Waals surface area contributed by atoms with Crippen LogP contribution in [0.3, 0.4) is 0 Å². The number of primary amides is 1. The van der Waals surface area contributed by atoms with Gasteiger partial charge in [0.05, 0.1) is 18.6 Å². The van der Waals surface area contributed by atoms with E-state index in [2.05, 4.69) is 24.0 Å². The van der Waals surface area contributed by atoms with Crippen molar-refractivity contribution in [2.24, 2.45) is 5.73 Å². The molecule has 0 radical (unpaired) electrons. The van der Waals surface area contributed by atoms with Crippen LogP contribution in [0.2, 0.25) is 0 Å². The van der Waals surface area contributed by atoms with Gasteiger partial charge in [-0.05, 0) is 36.1 Å². The molecule has 0 spiro atoms. The van der Waals surface area contributed by atoms with Crippen LogP contribution in [0, 0.1) is 0 Å². The molecular formula is C25H34N2O3. The van der Waals surface area contributed by atoms with Crippen molar-refractivity contribution in [2.75, 3.05) is 39.5 Å². The first-order chi connectivity index (χ1) is 14.6. The van der Waals surface area contributed by atoms with Crippen LogP contribution in [0.15, 0.2) is 54.6 Å². The maximum atomic E-state index is 12.7. The summed E-state index contributed by atoms with van der Waals surface area (Å²) in [6.45, 7) is 7.24. The second-order valence-corrected chi connectivity index (χ2v) is 8.04. The number of amides is 1. The largest absolute Gasteiger partial charge is 0.492 e. The monoisotopic (exact) mass is 410 g/mol. The molecule has 2 N–H and O–H groups in total. The molecule has 0 aromatic heterocycles. The van der Waals surface area contributed by atoms with Gasteiger partial charge in [0, 0.05) is 19.6 Å². The van der Waals surface area contributed by atoms with E-state index in [1.807, 2.05) is 42.5 Å². The number of rotatable bonds is 11. The Bertz CT molecular complexity index is 773. The van der Waals surface area contributed by atoms with Crippen molar-refractivity contribution in [2.45, 2.75) is 38.0 Å². The highest BCUT2D eigenvalue weighted by Crippen LogP contribution is 2.34. The highest BCUT2D eigenvalue weighted by Gasteiger charge is 2.37. The molecule has 0 aliphatic carbocycles. The first-order valence-electron chi connectivity index (χ1n) is 11.0. The summed E-state index contributed by atoms with van der Waals surface area (Å²) in [6.07, 6.45) is 3.33. The van der Waals surface area contributed by atoms with Crippen molar-refractivity contribution in [1.82, 2.24) is 4.90 Å². The van der Waals surface area contributed by atoms with E-state index in [4.69, 9.17) is 15.2 Å². The Morgan fingerprint density at radius 3 is 2.43 bits per heavy atom. The van der Waals surface area contributed by atoms with Crippen LogP contribution in [0.1, 0.15) is 37.3 Å². The van der Waals surface area contributed by atoms with Gasteiger partial charge in [-0.2, -0.15) is 0 Å². The average molecular weight is 411 g/mol. The molecule has 5 nitrogen and oxygen atoms in total. The predicted molar refractivity (Wildman–Crippen MR) is 120 cm³/mol. The fourth-order valence-electron chi connectivity index (χ4n) is 4.09. The first kappa shape index (κ1) is 22.3. The number of ether oxygens (including phenoxy) is 2. The zero-order valence-corrected chi connectivity index (χ0v) is 18.0. The predicted octanol–water partition coefficient (Wildman–Crippen LogP) is 3.55. The van der Waals surface area contributed by atoms with E-state index in [9.17, 15) is 4.79 Å². The summed E-state index contributed by atoms with van der Waals surface area (Å²) in [5.74, 6) is 0.595. The van der Waals surface area contributed by atoms with Gasteiger partial charge in [0.2, 0.25) is 5.91 Å². The SMILES string of the molecule is CCCCC(Cc1ccc(OCCN2CCOCC2)cc1)(C(N)=O)c1ccccc1. The summed E-state index contributed by atoms with van der Waals surface area (Å²) < 4.78 is 11.3. The lowest BCUT2D eigenvalue weighted by Crippen LogP contribution is -2.43. The van der Waals surface area contributed by atoms with E-state index in [1.54, 1.807) is 0 Å². The molecule has 1 aliphatic heterocycles. The smallest absolute Gasteiger partial charge is 0.228 e. The standard InChI is InChI=1S/C25H34N2O3/c1-2-3-13-25(24(26)28,22-7-5-4-6-8-22)20-21-9-11-23(12-10-21)30-19-16-27-14-17-29-18-15-27/h4-12H,2-3,13-20H2,1H3,(H2,26,28). The number of nitrogens with two attached hydrogens (primary N) is 1. The number of morpholine rings is 1. The van der Waals surface area contributed by atoms with Crippen molar-refractivity contribution in [3.8, 4) is 5.75 Å². The fourth-order valence-corrected chi connectivity index (χ4v) is 4.09. The van der Waals surface area contributed by atoms with Crippen molar-refractivity contribution in [1.29, 1.82) is 0 Å². The number of benzene rings is 2. The van der Waals surface area contributed by atoms with Gasteiger partial charge in [0.1, 0.15) is 12.4 Å². The van der Waals surface area contributed by atoms with E-state index >= 15 is 0 Å². The molecule has 30 heavy (non-hydrogen) atoms. The number of nitrogens with zero attached hydrogens (tertiary/aromatic N) is 1. The molecule has 162 valence electrons. The maximum Gasteiger partial charge on any atom is 0.228 e. The van der Waals surface area contributed by atoms with Crippen LogP contribution < -0.4 is 10.5 Å². The Hall–Kier alpha value is -2.37. The van der Waals surface area contributed by atoms with E-state index in [0.717, 1.165) is 69.0 Å². The van der Waals surface area contributed by atoms with Gasteiger partial charge in [-0.15, -0.1) is 0 Å². The number of hydrogen-bond acceptors (Lipinski definition) is 4. The van der Waals surface area contributed by atoms with Crippen molar-refractivity contribution < 1.29 is 14.3 Å². The van der Waals surface area contributed by atoms with Crippen LogP contribution in [-0.4, -0.2) is 50.3 Å². The number of hydrogen-bond donors (Lipinski definition) is 1. The quantitative estimate of drug-likeness (QED) is 0.615. The fraction of sp³-hybridized carbons (Fsp3) is 0.480. The lowest BCUT2D eigenvalue weighted by Gasteiger charge is -2.31. The summed E-state index contributed by atoms with van der Waals surface area (Å²) >= 11 is 0. The zero-order valence-electron chi connectivity index (χ0n) is 18.0. The molecule has 1 unspecified atom stereocenters. The van der Waals surface area contributed by atoms with Crippen molar-refractivity contribution in [3.05, 3.63) is 65.7 Å². The number of unbranched alkanes of at least 4 members (excludes halogenated alkanes) is 1. The molecule has 1 heterocycles. The molecular weight excluding hydrogens is 376 g/mol. The lowest BCUT2D eigenvalue weighted by molar-refractivity contribution is -0.123. The summed E-state index contributed by atoms with van der Waals surface area (Å²) in [6, 6.07) is 18.0. The maximum absolute atomic E-state index is 12.7. The molecule has 2 aromatic rings. The highest BCUT2D eigenvalue weighted by molar-refractivity contribution is 5.87. The van der Waals surface area contributed by atoms with Gasteiger partial charge >= 0.3 is 0 Å². The highest BCUT2D eigenvalue weighted by atomic mass is 16.5. The minimum Gasteiger partial charge on any atom is -0.492 e. The Balaban J connectivity index is 1.66. The minimum absolute atomic E-state index is 0.256.